The SMILES string of the molecule is COc1ccccc1Nc1ncc(C(=O)Nc2ccccc2F)cn1. The number of carbonyl (C=O) groups excluding carboxylic acids is 1. The third-order valence-corrected chi connectivity index (χ3v) is 3.39. The number of hydrogen-bond donors (Lipinski definition) is 2. The van der Waals surface area contributed by atoms with Crippen LogP contribution in [0.3, 0.4) is 0 Å². The standard InChI is InChI=1S/C18H15FN4O2/c1-25-16-9-5-4-8-15(16)23-18-20-10-12(11-21-18)17(24)22-14-7-3-2-6-13(14)19/h2-11H,1H3,(H,22,24)(H,20,21,23). The molecular weight excluding hydrogens is 323 g/mol. The summed E-state index contributed by atoms with van der Waals surface area (Å²) >= 11 is 0. The van der Waals surface area contributed by atoms with Crippen LogP contribution in [0.4, 0.5) is 21.7 Å². The Morgan fingerprint density at radius 1 is 1.00 bits per heavy atom. The summed E-state index contributed by atoms with van der Waals surface area (Å²) in [7, 11) is 1.57. The molecule has 0 saturated heterocycles. The number of para-hydroxylation sites is 3. The molecule has 1 heterocycles. The fourth-order valence-corrected chi connectivity index (χ4v) is 2.14. The van der Waals surface area contributed by atoms with Crippen molar-refractivity contribution in [1.82, 2.24) is 9.97 Å². The van der Waals surface area contributed by atoms with E-state index < -0.39 is 11.7 Å². The average Bonchev–Trinajstić information content (AvgIpc) is 2.64. The summed E-state index contributed by atoms with van der Waals surface area (Å²) < 4.78 is 18.8. The van der Waals surface area contributed by atoms with E-state index >= 15 is 0 Å². The number of nitrogens with zero attached hydrogens (tertiary/aromatic N) is 2. The number of hydrogen-bond acceptors (Lipinski definition) is 5. The first-order valence-corrected chi connectivity index (χ1v) is 7.45. The Bertz CT molecular complexity index is 884. The lowest BCUT2D eigenvalue weighted by Crippen LogP contribution is -2.14. The smallest absolute Gasteiger partial charge is 0.258 e. The Hall–Kier alpha value is -3.48. The number of nitrogens with one attached hydrogen (secondary N) is 2. The van der Waals surface area contributed by atoms with Crippen molar-refractivity contribution < 1.29 is 13.9 Å². The number of aromatic nitrogens is 2. The van der Waals surface area contributed by atoms with Gasteiger partial charge >= 0.3 is 0 Å². The number of methoxy groups -OCH3 is 1. The number of ether oxygens (including phenoxy) is 1. The van der Waals surface area contributed by atoms with Gasteiger partial charge < -0.3 is 15.4 Å². The summed E-state index contributed by atoms with van der Waals surface area (Å²) in [6.45, 7) is 0. The second kappa shape index (κ2) is 7.39. The molecule has 7 heteroatoms. The van der Waals surface area contributed by atoms with Gasteiger partial charge in [0, 0.05) is 12.4 Å². The molecule has 0 radical (unpaired) electrons. The van der Waals surface area contributed by atoms with Crippen molar-refractivity contribution >= 4 is 23.2 Å². The van der Waals surface area contributed by atoms with Gasteiger partial charge in [0.1, 0.15) is 11.6 Å². The van der Waals surface area contributed by atoms with Gasteiger partial charge in [-0.3, -0.25) is 4.79 Å². The van der Waals surface area contributed by atoms with Crippen LogP contribution in [0.15, 0.2) is 60.9 Å². The molecule has 0 fully saturated rings. The zero-order valence-corrected chi connectivity index (χ0v) is 13.4. The van der Waals surface area contributed by atoms with E-state index in [1.165, 1.54) is 24.5 Å². The van der Waals surface area contributed by atoms with Gasteiger partial charge in [-0.15, -0.1) is 0 Å². The van der Waals surface area contributed by atoms with Gasteiger partial charge in [-0.1, -0.05) is 24.3 Å². The van der Waals surface area contributed by atoms with Crippen molar-refractivity contribution in [2.24, 2.45) is 0 Å². The first-order valence-electron chi connectivity index (χ1n) is 7.45. The van der Waals surface area contributed by atoms with Crippen LogP contribution in [0.25, 0.3) is 0 Å². The highest BCUT2D eigenvalue weighted by Gasteiger charge is 2.11. The maximum absolute atomic E-state index is 13.6. The maximum atomic E-state index is 13.6. The molecule has 25 heavy (non-hydrogen) atoms. The predicted molar refractivity (Wildman–Crippen MR) is 92.7 cm³/mol. The van der Waals surface area contributed by atoms with Gasteiger partial charge in [0.2, 0.25) is 5.95 Å². The molecule has 2 N–H and O–H groups in total. The molecule has 3 aromatic rings. The van der Waals surface area contributed by atoms with Crippen LogP contribution in [0.5, 0.6) is 5.75 Å². The minimum Gasteiger partial charge on any atom is -0.495 e. The molecule has 0 atom stereocenters. The zero-order valence-electron chi connectivity index (χ0n) is 13.4. The van der Waals surface area contributed by atoms with Crippen LogP contribution >= 0.6 is 0 Å². The number of carbonyl (C=O) groups is 1. The van der Waals surface area contributed by atoms with Crippen molar-refractivity contribution in [1.29, 1.82) is 0 Å². The fourth-order valence-electron chi connectivity index (χ4n) is 2.14. The highest BCUT2D eigenvalue weighted by Crippen LogP contribution is 2.25. The lowest BCUT2D eigenvalue weighted by Gasteiger charge is -2.10. The van der Waals surface area contributed by atoms with Crippen LogP contribution in [0.2, 0.25) is 0 Å². The molecule has 0 spiro atoms. The van der Waals surface area contributed by atoms with E-state index in [0.29, 0.717) is 17.4 Å². The van der Waals surface area contributed by atoms with E-state index in [2.05, 4.69) is 20.6 Å². The monoisotopic (exact) mass is 338 g/mol. The molecule has 1 amide bonds. The lowest BCUT2D eigenvalue weighted by molar-refractivity contribution is 0.102. The van der Waals surface area contributed by atoms with E-state index in [0.717, 1.165) is 0 Å². The Morgan fingerprint density at radius 3 is 2.32 bits per heavy atom. The minimum absolute atomic E-state index is 0.101. The molecule has 0 bridgehead atoms. The third kappa shape index (κ3) is 3.89. The normalized spacial score (nSPS) is 10.2. The van der Waals surface area contributed by atoms with Crippen LogP contribution in [-0.4, -0.2) is 23.0 Å². The first kappa shape index (κ1) is 16.4. The summed E-state index contributed by atoms with van der Waals surface area (Å²) in [5.74, 6) is -0.0421. The molecule has 0 aliphatic heterocycles. The average molecular weight is 338 g/mol. The van der Waals surface area contributed by atoms with E-state index in [1.807, 2.05) is 18.2 Å². The quantitative estimate of drug-likeness (QED) is 0.743. The predicted octanol–water partition coefficient (Wildman–Crippen LogP) is 3.62. The molecular formula is C18H15FN4O2. The number of halogens is 1. The van der Waals surface area contributed by atoms with Crippen molar-refractivity contribution in [3.05, 3.63) is 72.3 Å². The number of rotatable bonds is 5. The van der Waals surface area contributed by atoms with E-state index in [4.69, 9.17) is 4.74 Å². The molecule has 126 valence electrons. The number of anilines is 3. The molecule has 0 aliphatic carbocycles. The van der Waals surface area contributed by atoms with Gasteiger partial charge in [0.25, 0.3) is 5.91 Å². The number of benzene rings is 2. The van der Waals surface area contributed by atoms with Gasteiger partial charge in [0.15, 0.2) is 0 Å². The highest BCUT2D eigenvalue weighted by molar-refractivity contribution is 6.03. The van der Waals surface area contributed by atoms with Crippen molar-refractivity contribution in [3.63, 3.8) is 0 Å². The van der Waals surface area contributed by atoms with Crippen LogP contribution in [0.1, 0.15) is 10.4 Å². The second-order valence-corrected chi connectivity index (χ2v) is 5.05. The summed E-state index contributed by atoms with van der Waals surface area (Å²) in [4.78, 5) is 20.3. The van der Waals surface area contributed by atoms with Crippen LogP contribution in [-0.2, 0) is 0 Å². The van der Waals surface area contributed by atoms with Gasteiger partial charge in [-0.25, -0.2) is 14.4 Å². The van der Waals surface area contributed by atoms with Crippen LogP contribution < -0.4 is 15.4 Å². The molecule has 1 aromatic heterocycles. The van der Waals surface area contributed by atoms with Crippen molar-refractivity contribution in [3.8, 4) is 5.75 Å². The van der Waals surface area contributed by atoms with Crippen molar-refractivity contribution in [2.45, 2.75) is 0 Å². The summed E-state index contributed by atoms with van der Waals surface area (Å²) in [5.41, 5.74) is 1.02. The lowest BCUT2D eigenvalue weighted by atomic mass is 10.2. The summed E-state index contributed by atoms with van der Waals surface area (Å²) in [5, 5.41) is 5.49. The summed E-state index contributed by atoms with van der Waals surface area (Å²) in [6, 6.07) is 13.3. The van der Waals surface area contributed by atoms with Crippen LogP contribution in [0, 0.1) is 5.82 Å². The molecule has 0 unspecified atom stereocenters. The second-order valence-electron chi connectivity index (χ2n) is 5.05. The maximum Gasteiger partial charge on any atom is 0.258 e. The zero-order chi connectivity index (χ0) is 17.6. The fraction of sp³-hybridized carbons (Fsp3) is 0.0556. The third-order valence-electron chi connectivity index (χ3n) is 3.39. The largest absolute Gasteiger partial charge is 0.495 e. The minimum atomic E-state index is -0.508. The van der Waals surface area contributed by atoms with Gasteiger partial charge in [0.05, 0.1) is 24.0 Å². The molecule has 3 rings (SSSR count). The topological polar surface area (TPSA) is 76.1 Å². The van der Waals surface area contributed by atoms with E-state index in [1.54, 1.807) is 25.3 Å². The van der Waals surface area contributed by atoms with Gasteiger partial charge in [-0.05, 0) is 24.3 Å². The van der Waals surface area contributed by atoms with E-state index in [-0.39, 0.29) is 11.3 Å². The molecule has 2 aromatic carbocycles. The van der Waals surface area contributed by atoms with Gasteiger partial charge in [-0.2, -0.15) is 0 Å². The molecule has 0 saturated carbocycles. The Kier molecular flexibility index (Phi) is 4.84. The molecule has 0 aliphatic rings. The Morgan fingerprint density at radius 2 is 1.64 bits per heavy atom. The first-order chi connectivity index (χ1) is 12.2. The Labute approximate surface area is 143 Å². The number of amides is 1. The van der Waals surface area contributed by atoms with Crippen molar-refractivity contribution in [2.75, 3.05) is 17.7 Å². The van der Waals surface area contributed by atoms with E-state index in [9.17, 15) is 9.18 Å². The molecule has 6 nitrogen and oxygen atoms in total. The Balaban J connectivity index is 1.72. The highest BCUT2D eigenvalue weighted by atomic mass is 19.1. The summed E-state index contributed by atoms with van der Waals surface area (Å²) in [6.07, 6.45) is 2.72.